The molecule has 0 bridgehead atoms. The van der Waals surface area contributed by atoms with Gasteiger partial charge in [-0.15, -0.1) is 0 Å². The number of amides is 1. The Bertz CT molecular complexity index is 990. The Morgan fingerprint density at radius 3 is 2.36 bits per heavy atom. The third-order valence-electron chi connectivity index (χ3n) is 4.47. The number of hydrogen-bond acceptors (Lipinski definition) is 6. The van der Waals surface area contributed by atoms with E-state index < -0.39 is 10.0 Å². The molecule has 3 rings (SSSR count). The zero-order chi connectivity index (χ0) is 20.3. The number of hydrogen-bond donors (Lipinski definition) is 1. The van der Waals surface area contributed by atoms with Gasteiger partial charge in [-0.3, -0.25) is 9.10 Å². The second-order valence-corrected chi connectivity index (χ2v) is 8.16. The maximum Gasteiger partial charge on any atom is 0.259 e. The number of anilines is 2. The lowest BCUT2D eigenvalue weighted by atomic mass is 10.1. The molecule has 1 saturated heterocycles. The van der Waals surface area contributed by atoms with Crippen molar-refractivity contribution < 1.29 is 27.4 Å². The van der Waals surface area contributed by atoms with E-state index in [1.54, 1.807) is 36.4 Å². The van der Waals surface area contributed by atoms with Gasteiger partial charge in [-0.2, -0.15) is 0 Å². The fraction of sp³-hybridized carbons (Fsp3) is 0.316. The molecule has 1 N–H and O–H groups in total. The lowest BCUT2D eigenvalue weighted by Crippen LogP contribution is -2.25. The standard InChI is InChI=1S/C19H22N2O6S/c1-25-14-6-7-15(17(12-14)26-2)19(22)20-16-8-5-13(11-18(16)27-3)21-9-4-10-28(21,23)24/h5-8,11-12H,4,9-10H2,1-3H3,(H,20,22). The quantitative estimate of drug-likeness (QED) is 0.792. The van der Waals surface area contributed by atoms with E-state index in [1.807, 2.05) is 0 Å². The number of methoxy groups -OCH3 is 3. The fourth-order valence-electron chi connectivity index (χ4n) is 3.04. The molecule has 9 heteroatoms. The minimum absolute atomic E-state index is 0.130. The average molecular weight is 406 g/mol. The van der Waals surface area contributed by atoms with E-state index in [0.29, 0.717) is 47.2 Å². The van der Waals surface area contributed by atoms with Crippen LogP contribution in [0.5, 0.6) is 17.2 Å². The van der Waals surface area contributed by atoms with Crippen molar-refractivity contribution in [2.24, 2.45) is 0 Å². The number of nitrogens with one attached hydrogen (secondary N) is 1. The number of benzene rings is 2. The maximum absolute atomic E-state index is 12.7. The highest BCUT2D eigenvalue weighted by Gasteiger charge is 2.29. The average Bonchev–Trinajstić information content (AvgIpc) is 3.06. The van der Waals surface area contributed by atoms with Crippen LogP contribution < -0.4 is 23.8 Å². The molecular weight excluding hydrogens is 384 g/mol. The highest BCUT2D eigenvalue weighted by molar-refractivity contribution is 7.93. The van der Waals surface area contributed by atoms with Gasteiger partial charge in [0, 0.05) is 18.7 Å². The number of sulfonamides is 1. The highest BCUT2D eigenvalue weighted by atomic mass is 32.2. The van der Waals surface area contributed by atoms with Crippen molar-refractivity contribution >= 4 is 27.3 Å². The van der Waals surface area contributed by atoms with E-state index in [4.69, 9.17) is 14.2 Å². The first kappa shape index (κ1) is 19.8. The van der Waals surface area contributed by atoms with Crippen LogP contribution in [-0.2, 0) is 10.0 Å². The molecule has 1 aliphatic heterocycles. The summed E-state index contributed by atoms with van der Waals surface area (Å²) in [5, 5.41) is 2.78. The van der Waals surface area contributed by atoms with Crippen LogP contribution in [0.3, 0.4) is 0 Å². The molecule has 0 spiro atoms. The Kier molecular flexibility index (Phi) is 5.64. The summed E-state index contributed by atoms with van der Waals surface area (Å²) < 4.78 is 41.4. The summed E-state index contributed by atoms with van der Waals surface area (Å²) in [5.41, 5.74) is 1.26. The summed E-state index contributed by atoms with van der Waals surface area (Å²) in [7, 11) is 1.16. The Balaban J connectivity index is 1.87. The van der Waals surface area contributed by atoms with Gasteiger partial charge in [0.05, 0.1) is 44.0 Å². The lowest BCUT2D eigenvalue weighted by molar-refractivity contribution is 0.102. The summed E-state index contributed by atoms with van der Waals surface area (Å²) in [5.74, 6) is 1.04. The van der Waals surface area contributed by atoms with E-state index in [2.05, 4.69) is 5.32 Å². The molecule has 2 aromatic rings. The smallest absolute Gasteiger partial charge is 0.259 e. The van der Waals surface area contributed by atoms with Crippen molar-refractivity contribution in [3.05, 3.63) is 42.0 Å². The van der Waals surface area contributed by atoms with Crippen LogP contribution >= 0.6 is 0 Å². The summed E-state index contributed by atoms with van der Waals surface area (Å²) in [6.07, 6.45) is 0.584. The van der Waals surface area contributed by atoms with Gasteiger partial charge in [0.15, 0.2) is 0 Å². The third kappa shape index (κ3) is 3.84. The number of carbonyl (C=O) groups is 1. The normalized spacial score (nSPS) is 15.2. The largest absolute Gasteiger partial charge is 0.497 e. The van der Waals surface area contributed by atoms with Gasteiger partial charge >= 0.3 is 0 Å². The van der Waals surface area contributed by atoms with Crippen LogP contribution in [-0.4, -0.2) is 48.0 Å². The summed E-state index contributed by atoms with van der Waals surface area (Å²) >= 11 is 0. The molecule has 0 aromatic heterocycles. The topological polar surface area (TPSA) is 94.2 Å². The highest BCUT2D eigenvalue weighted by Crippen LogP contribution is 2.34. The minimum atomic E-state index is -3.30. The number of nitrogens with zero attached hydrogens (tertiary/aromatic N) is 1. The van der Waals surface area contributed by atoms with Crippen LogP contribution in [0, 0.1) is 0 Å². The second kappa shape index (κ2) is 7.97. The molecule has 0 atom stereocenters. The van der Waals surface area contributed by atoms with Gasteiger partial charge in [-0.1, -0.05) is 0 Å². The van der Waals surface area contributed by atoms with Gasteiger partial charge < -0.3 is 19.5 Å². The second-order valence-electron chi connectivity index (χ2n) is 6.15. The SMILES string of the molecule is COc1ccc(C(=O)Nc2ccc(N3CCCS3(=O)=O)cc2OC)c(OC)c1. The molecule has 1 amide bonds. The fourth-order valence-corrected chi connectivity index (χ4v) is 4.60. The first-order valence-electron chi connectivity index (χ1n) is 8.61. The summed E-state index contributed by atoms with van der Waals surface area (Å²) in [6.45, 7) is 0.431. The Labute approximate surface area is 164 Å². The van der Waals surface area contributed by atoms with Gasteiger partial charge in [0.25, 0.3) is 5.91 Å². The van der Waals surface area contributed by atoms with Crippen molar-refractivity contribution in [3.63, 3.8) is 0 Å². The molecule has 0 saturated carbocycles. The number of rotatable bonds is 6. The Hall–Kier alpha value is -2.94. The van der Waals surface area contributed by atoms with Gasteiger partial charge in [0.1, 0.15) is 17.2 Å². The van der Waals surface area contributed by atoms with Crippen LogP contribution in [0.4, 0.5) is 11.4 Å². The van der Waals surface area contributed by atoms with Crippen LogP contribution in [0.25, 0.3) is 0 Å². The van der Waals surface area contributed by atoms with Crippen LogP contribution in [0.15, 0.2) is 36.4 Å². The third-order valence-corrected chi connectivity index (χ3v) is 6.34. The molecular formula is C19H22N2O6S. The Morgan fingerprint density at radius 2 is 1.75 bits per heavy atom. The molecule has 28 heavy (non-hydrogen) atoms. The zero-order valence-corrected chi connectivity index (χ0v) is 16.7. The van der Waals surface area contributed by atoms with Crippen molar-refractivity contribution in [1.29, 1.82) is 0 Å². The molecule has 1 heterocycles. The van der Waals surface area contributed by atoms with Crippen LogP contribution in [0.2, 0.25) is 0 Å². The van der Waals surface area contributed by atoms with E-state index >= 15 is 0 Å². The molecule has 8 nitrogen and oxygen atoms in total. The van der Waals surface area contributed by atoms with Crippen molar-refractivity contribution in [2.75, 3.05) is 43.2 Å². The lowest BCUT2D eigenvalue weighted by Gasteiger charge is -2.19. The molecule has 1 aliphatic rings. The van der Waals surface area contributed by atoms with Gasteiger partial charge in [0.2, 0.25) is 10.0 Å². The van der Waals surface area contributed by atoms with E-state index in [0.717, 1.165) is 0 Å². The molecule has 0 aliphatic carbocycles. The molecule has 150 valence electrons. The van der Waals surface area contributed by atoms with Crippen molar-refractivity contribution in [2.45, 2.75) is 6.42 Å². The van der Waals surface area contributed by atoms with E-state index in [9.17, 15) is 13.2 Å². The van der Waals surface area contributed by atoms with Gasteiger partial charge in [-0.05, 0) is 30.7 Å². The molecule has 0 unspecified atom stereocenters. The van der Waals surface area contributed by atoms with E-state index in [1.165, 1.54) is 25.6 Å². The summed E-state index contributed by atoms with van der Waals surface area (Å²) in [6, 6.07) is 9.75. The van der Waals surface area contributed by atoms with Crippen molar-refractivity contribution in [3.8, 4) is 17.2 Å². The first-order chi connectivity index (χ1) is 13.4. The predicted octanol–water partition coefficient (Wildman–Crippen LogP) is 2.50. The molecule has 0 radical (unpaired) electrons. The molecule has 2 aromatic carbocycles. The minimum Gasteiger partial charge on any atom is -0.497 e. The van der Waals surface area contributed by atoms with E-state index in [-0.39, 0.29) is 11.7 Å². The number of ether oxygens (including phenoxy) is 3. The van der Waals surface area contributed by atoms with Gasteiger partial charge in [-0.25, -0.2) is 8.42 Å². The zero-order valence-electron chi connectivity index (χ0n) is 15.9. The summed E-state index contributed by atoms with van der Waals surface area (Å²) in [4.78, 5) is 12.7. The van der Waals surface area contributed by atoms with Crippen molar-refractivity contribution in [1.82, 2.24) is 0 Å². The maximum atomic E-state index is 12.7. The first-order valence-corrected chi connectivity index (χ1v) is 10.2. The molecule has 1 fully saturated rings. The van der Waals surface area contributed by atoms with Crippen LogP contribution in [0.1, 0.15) is 16.8 Å². The predicted molar refractivity (Wildman–Crippen MR) is 106 cm³/mol. The monoisotopic (exact) mass is 406 g/mol. The Morgan fingerprint density at radius 1 is 1.00 bits per heavy atom. The number of carbonyl (C=O) groups excluding carboxylic acids is 1.